The van der Waals surface area contributed by atoms with Crippen molar-refractivity contribution in [2.75, 3.05) is 45.8 Å². The minimum atomic E-state index is -0.809. The van der Waals surface area contributed by atoms with Crippen LogP contribution >= 0.6 is 0 Å². The van der Waals surface area contributed by atoms with Gasteiger partial charge in [0, 0.05) is 39.3 Å². The molecule has 0 aromatic carbocycles. The molecule has 18 heavy (non-hydrogen) atoms. The summed E-state index contributed by atoms with van der Waals surface area (Å²) in [5, 5.41) is 8.71. The first kappa shape index (κ1) is 12.9. The normalized spacial score (nSPS) is 21.1. The fourth-order valence-corrected chi connectivity index (χ4v) is 2.30. The van der Waals surface area contributed by atoms with Gasteiger partial charge in [0.1, 0.15) is 0 Å². The van der Waals surface area contributed by atoms with E-state index in [0.29, 0.717) is 32.7 Å². The van der Waals surface area contributed by atoms with Gasteiger partial charge >= 0.3 is 12.0 Å². The van der Waals surface area contributed by atoms with Crippen molar-refractivity contribution in [3.05, 3.63) is 12.2 Å². The van der Waals surface area contributed by atoms with Crippen molar-refractivity contribution < 1.29 is 14.7 Å². The van der Waals surface area contributed by atoms with E-state index in [-0.39, 0.29) is 12.6 Å². The predicted molar refractivity (Wildman–Crippen MR) is 66.4 cm³/mol. The van der Waals surface area contributed by atoms with Crippen LogP contribution in [0.15, 0.2) is 12.2 Å². The second-order valence-corrected chi connectivity index (χ2v) is 4.65. The van der Waals surface area contributed by atoms with Gasteiger partial charge in [0.05, 0.1) is 6.54 Å². The molecular formula is C12H19N3O3. The van der Waals surface area contributed by atoms with E-state index in [0.717, 1.165) is 13.0 Å². The molecule has 6 heteroatoms. The molecule has 0 spiro atoms. The number of piperazine rings is 1. The third-order valence-electron chi connectivity index (χ3n) is 3.33. The average Bonchev–Trinajstić information content (AvgIpc) is 2.39. The number of nitrogens with zero attached hydrogens (tertiary/aromatic N) is 3. The van der Waals surface area contributed by atoms with Gasteiger partial charge in [-0.05, 0) is 6.42 Å². The van der Waals surface area contributed by atoms with Gasteiger partial charge in [0.25, 0.3) is 0 Å². The van der Waals surface area contributed by atoms with Crippen LogP contribution in [0.2, 0.25) is 0 Å². The Morgan fingerprint density at radius 1 is 1.00 bits per heavy atom. The maximum Gasteiger partial charge on any atom is 0.320 e. The summed E-state index contributed by atoms with van der Waals surface area (Å²) in [5.41, 5.74) is 0. The summed E-state index contributed by atoms with van der Waals surface area (Å²) in [5.74, 6) is -0.809. The fraction of sp³-hybridized carbons (Fsp3) is 0.667. The highest BCUT2D eigenvalue weighted by molar-refractivity contribution is 5.75. The molecule has 2 amide bonds. The third kappa shape index (κ3) is 3.22. The molecule has 2 heterocycles. The molecule has 2 aliphatic rings. The number of carbonyl (C=O) groups excluding carboxylic acids is 1. The van der Waals surface area contributed by atoms with Crippen LogP contribution in [-0.4, -0.2) is 77.6 Å². The zero-order valence-electron chi connectivity index (χ0n) is 10.4. The molecule has 0 aliphatic carbocycles. The first-order chi connectivity index (χ1) is 8.66. The molecule has 1 fully saturated rings. The highest BCUT2D eigenvalue weighted by atomic mass is 16.4. The quantitative estimate of drug-likeness (QED) is 0.707. The van der Waals surface area contributed by atoms with E-state index in [1.807, 2.05) is 20.8 Å². The van der Waals surface area contributed by atoms with E-state index in [1.165, 1.54) is 0 Å². The standard InChI is InChI=1S/C12H19N3O3/c16-11(17)10-13-6-8-15(9-7-13)12(18)14-4-2-1-3-5-14/h1-2H,3-10H2,(H,16,17). The van der Waals surface area contributed by atoms with Crippen molar-refractivity contribution in [2.24, 2.45) is 0 Å². The Morgan fingerprint density at radius 2 is 1.72 bits per heavy atom. The second kappa shape index (κ2) is 5.86. The largest absolute Gasteiger partial charge is 0.480 e. The molecule has 0 aromatic rings. The van der Waals surface area contributed by atoms with Crippen molar-refractivity contribution in [3.8, 4) is 0 Å². The molecule has 0 aromatic heterocycles. The topological polar surface area (TPSA) is 64.1 Å². The summed E-state index contributed by atoms with van der Waals surface area (Å²) in [4.78, 5) is 28.3. The Hall–Kier alpha value is -1.56. The van der Waals surface area contributed by atoms with Crippen LogP contribution in [0.5, 0.6) is 0 Å². The number of carbonyl (C=O) groups is 2. The highest BCUT2D eigenvalue weighted by Gasteiger charge is 2.25. The number of hydrogen-bond acceptors (Lipinski definition) is 3. The summed E-state index contributed by atoms with van der Waals surface area (Å²) < 4.78 is 0. The number of urea groups is 1. The number of amides is 2. The Morgan fingerprint density at radius 3 is 2.28 bits per heavy atom. The first-order valence-corrected chi connectivity index (χ1v) is 6.30. The molecule has 0 unspecified atom stereocenters. The summed E-state index contributed by atoms with van der Waals surface area (Å²) in [6.45, 7) is 4.05. The van der Waals surface area contributed by atoms with Gasteiger partial charge < -0.3 is 14.9 Å². The monoisotopic (exact) mass is 253 g/mol. The van der Waals surface area contributed by atoms with E-state index < -0.39 is 5.97 Å². The number of aliphatic carboxylic acids is 1. The summed E-state index contributed by atoms with van der Waals surface area (Å²) in [6.07, 6.45) is 5.03. The highest BCUT2D eigenvalue weighted by Crippen LogP contribution is 2.09. The van der Waals surface area contributed by atoms with Gasteiger partial charge in [-0.1, -0.05) is 12.2 Å². The maximum absolute atomic E-state index is 12.2. The Labute approximate surface area is 106 Å². The zero-order valence-corrected chi connectivity index (χ0v) is 10.4. The summed E-state index contributed by atoms with van der Waals surface area (Å²) in [7, 11) is 0. The van der Waals surface area contributed by atoms with Gasteiger partial charge in [-0.15, -0.1) is 0 Å². The van der Waals surface area contributed by atoms with E-state index in [1.54, 1.807) is 0 Å². The van der Waals surface area contributed by atoms with Crippen molar-refractivity contribution in [1.29, 1.82) is 0 Å². The molecule has 2 aliphatic heterocycles. The SMILES string of the molecule is O=C(O)CN1CCN(C(=O)N2CC=CCC2)CC1. The van der Waals surface area contributed by atoms with Gasteiger partial charge in [0.2, 0.25) is 0 Å². The van der Waals surface area contributed by atoms with Crippen LogP contribution in [0.1, 0.15) is 6.42 Å². The Balaban J connectivity index is 1.80. The second-order valence-electron chi connectivity index (χ2n) is 4.65. The first-order valence-electron chi connectivity index (χ1n) is 6.30. The predicted octanol–water partition coefficient (Wildman–Crippen LogP) is 0.0705. The molecular weight excluding hydrogens is 234 g/mol. The Bertz CT molecular complexity index is 348. The lowest BCUT2D eigenvalue weighted by Crippen LogP contribution is -2.54. The van der Waals surface area contributed by atoms with Crippen molar-refractivity contribution in [3.63, 3.8) is 0 Å². The zero-order chi connectivity index (χ0) is 13.0. The average molecular weight is 253 g/mol. The number of rotatable bonds is 2. The van der Waals surface area contributed by atoms with Gasteiger partial charge in [-0.25, -0.2) is 4.79 Å². The van der Waals surface area contributed by atoms with Crippen LogP contribution in [0.3, 0.4) is 0 Å². The molecule has 0 atom stereocenters. The molecule has 100 valence electrons. The van der Waals surface area contributed by atoms with Gasteiger partial charge in [0.15, 0.2) is 0 Å². The lowest BCUT2D eigenvalue weighted by Gasteiger charge is -2.37. The minimum absolute atomic E-state index is 0.0640. The number of carboxylic acid groups (broad SMARTS) is 1. The van der Waals surface area contributed by atoms with Gasteiger partial charge in [-0.3, -0.25) is 9.69 Å². The molecule has 1 N–H and O–H groups in total. The molecule has 0 radical (unpaired) electrons. The van der Waals surface area contributed by atoms with E-state index in [4.69, 9.17) is 5.11 Å². The number of carboxylic acids is 1. The molecule has 1 saturated heterocycles. The molecule has 6 nitrogen and oxygen atoms in total. The summed E-state index contributed by atoms with van der Waals surface area (Å²) in [6, 6.07) is 0.0781. The molecule has 2 rings (SSSR count). The van der Waals surface area contributed by atoms with Crippen LogP contribution in [0.4, 0.5) is 4.79 Å². The van der Waals surface area contributed by atoms with E-state index >= 15 is 0 Å². The maximum atomic E-state index is 12.2. The third-order valence-corrected chi connectivity index (χ3v) is 3.33. The fourth-order valence-electron chi connectivity index (χ4n) is 2.30. The van der Waals surface area contributed by atoms with Crippen LogP contribution in [-0.2, 0) is 4.79 Å². The van der Waals surface area contributed by atoms with Crippen LogP contribution < -0.4 is 0 Å². The van der Waals surface area contributed by atoms with Crippen molar-refractivity contribution in [2.45, 2.75) is 6.42 Å². The molecule has 0 bridgehead atoms. The number of hydrogen-bond donors (Lipinski definition) is 1. The van der Waals surface area contributed by atoms with Crippen molar-refractivity contribution in [1.82, 2.24) is 14.7 Å². The lowest BCUT2D eigenvalue weighted by molar-refractivity contribution is -0.138. The lowest BCUT2D eigenvalue weighted by atomic mass is 10.2. The molecule has 0 saturated carbocycles. The Kier molecular flexibility index (Phi) is 4.19. The van der Waals surface area contributed by atoms with Gasteiger partial charge in [-0.2, -0.15) is 0 Å². The van der Waals surface area contributed by atoms with Crippen LogP contribution in [0, 0.1) is 0 Å². The minimum Gasteiger partial charge on any atom is -0.480 e. The van der Waals surface area contributed by atoms with E-state index in [9.17, 15) is 9.59 Å². The van der Waals surface area contributed by atoms with Crippen LogP contribution in [0.25, 0.3) is 0 Å². The summed E-state index contributed by atoms with van der Waals surface area (Å²) >= 11 is 0. The smallest absolute Gasteiger partial charge is 0.320 e. The van der Waals surface area contributed by atoms with E-state index in [2.05, 4.69) is 6.08 Å². The van der Waals surface area contributed by atoms with Crippen molar-refractivity contribution >= 4 is 12.0 Å².